The van der Waals surface area contributed by atoms with Gasteiger partial charge in [0.15, 0.2) is 0 Å². The fourth-order valence-electron chi connectivity index (χ4n) is 2.56. The molecule has 0 aromatic heterocycles. The van der Waals surface area contributed by atoms with E-state index >= 15 is 0 Å². The van der Waals surface area contributed by atoms with Gasteiger partial charge in [0, 0.05) is 5.39 Å². The van der Waals surface area contributed by atoms with Crippen molar-refractivity contribution in [3.8, 4) is 11.5 Å². The van der Waals surface area contributed by atoms with E-state index in [0.717, 1.165) is 10.8 Å². The number of rotatable bonds is 8. The van der Waals surface area contributed by atoms with Gasteiger partial charge in [0.25, 0.3) is 0 Å². The van der Waals surface area contributed by atoms with Crippen LogP contribution in [0.4, 0.5) is 0 Å². The third-order valence-corrected chi connectivity index (χ3v) is 3.86. The van der Waals surface area contributed by atoms with Gasteiger partial charge in [-0.2, -0.15) is 0 Å². The molecule has 5 nitrogen and oxygen atoms in total. The molecule has 0 fully saturated rings. The predicted octanol–water partition coefficient (Wildman–Crippen LogP) is 4.15. The van der Waals surface area contributed by atoms with Gasteiger partial charge in [-0.05, 0) is 23.6 Å². The second-order valence-electron chi connectivity index (χ2n) is 5.83. The van der Waals surface area contributed by atoms with Crippen molar-refractivity contribution in [2.45, 2.75) is 12.8 Å². The Morgan fingerprint density at radius 1 is 0.667 bits per heavy atom. The zero-order valence-corrected chi connectivity index (χ0v) is 14.8. The maximum Gasteiger partial charge on any atom is 0.316 e. The highest BCUT2D eigenvalue weighted by Gasteiger charge is 2.11. The molecule has 0 saturated heterocycles. The molecule has 27 heavy (non-hydrogen) atoms. The van der Waals surface area contributed by atoms with E-state index in [-0.39, 0.29) is 26.1 Å². The number of fused-ring (bicyclic) bond motifs is 1. The van der Waals surface area contributed by atoms with Crippen LogP contribution in [-0.2, 0) is 14.3 Å². The summed E-state index contributed by atoms with van der Waals surface area (Å²) in [6.07, 6.45) is -0.000677. The smallest absolute Gasteiger partial charge is 0.316 e. The van der Waals surface area contributed by atoms with Gasteiger partial charge >= 0.3 is 11.9 Å². The number of hydrogen-bond donors (Lipinski definition) is 0. The van der Waals surface area contributed by atoms with Crippen LogP contribution in [0.15, 0.2) is 72.8 Å². The molecule has 138 valence electrons. The summed E-state index contributed by atoms with van der Waals surface area (Å²) in [6.45, 7) is 0.295. The summed E-state index contributed by atoms with van der Waals surface area (Å²) in [5.74, 6) is 0.143. The third kappa shape index (κ3) is 5.57. The van der Waals surface area contributed by atoms with Crippen LogP contribution in [0.25, 0.3) is 10.8 Å². The molecule has 0 aliphatic carbocycles. The Morgan fingerprint density at radius 2 is 1.30 bits per heavy atom. The Balaban J connectivity index is 1.38. The number of carbonyl (C=O) groups excluding carboxylic acids is 2. The molecule has 0 bridgehead atoms. The standard InChI is InChI=1S/C22H20O5/c23-21(13-15-25-18-9-2-1-3-10-18)27-22(24)14-16-26-20-12-6-8-17-7-4-5-11-19(17)20/h1-12H,13-16H2. The molecule has 0 saturated carbocycles. The number of para-hydroxylation sites is 1. The average molecular weight is 364 g/mol. The fourth-order valence-corrected chi connectivity index (χ4v) is 2.56. The lowest BCUT2D eigenvalue weighted by Gasteiger charge is -2.09. The van der Waals surface area contributed by atoms with Crippen molar-refractivity contribution in [2.75, 3.05) is 13.2 Å². The van der Waals surface area contributed by atoms with Crippen molar-refractivity contribution in [1.29, 1.82) is 0 Å². The van der Waals surface area contributed by atoms with E-state index in [1.807, 2.05) is 60.7 Å². The van der Waals surface area contributed by atoms with Crippen LogP contribution in [0.5, 0.6) is 11.5 Å². The Morgan fingerprint density at radius 3 is 2.07 bits per heavy atom. The number of ether oxygens (including phenoxy) is 3. The molecule has 3 rings (SSSR count). The first-order chi connectivity index (χ1) is 13.2. The first-order valence-corrected chi connectivity index (χ1v) is 8.74. The SMILES string of the molecule is O=C(CCOc1ccccc1)OC(=O)CCOc1cccc2ccccc12. The maximum atomic E-state index is 11.8. The zero-order valence-electron chi connectivity index (χ0n) is 14.8. The Labute approximate surface area is 157 Å². The molecule has 0 N–H and O–H groups in total. The number of esters is 2. The fraction of sp³-hybridized carbons (Fsp3) is 0.182. The van der Waals surface area contributed by atoms with Crippen molar-refractivity contribution in [3.05, 3.63) is 72.8 Å². The van der Waals surface area contributed by atoms with E-state index in [2.05, 4.69) is 0 Å². The minimum Gasteiger partial charge on any atom is -0.493 e. The molecule has 0 aliphatic heterocycles. The van der Waals surface area contributed by atoms with E-state index < -0.39 is 11.9 Å². The highest BCUT2D eigenvalue weighted by atomic mass is 16.6. The Kier molecular flexibility index (Phi) is 6.41. The molecular weight excluding hydrogens is 344 g/mol. The number of carbonyl (C=O) groups is 2. The largest absolute Gasteiger partial charge is 0.493 e. The maximum absolute atomic E-state index is 11.8. The Bertz CT molecular complexity index is 899. The highest BCUT2D eigenvalue weighted by molar-refractivity contribution is 5.88. The Hall–Kier alpha value is -3.34. The van der Waals surface area contributed by atoms with Crippen molar-refractivity contribution in [3.63, 3.8) is 0 Å². The van der Waals surface area contributed by atoms with Crippen molar-refractivity contribution >= 4 is 22.7 Å². The lowest BCUT2D eigenvalue weighted by atomic mass is 10.1. The van der Waals surface area contributed by atoms with Crippen molar-refractivity contribution < 1.29 is 23.8 Å². The molecule has 0 unspecified atom stereocenters. The normalized spacial score (nSPS) is 10.4. The van der Waals surface area contributed by atoms with E-state index in [4.69, 9.17) is 14.2 Å². The summed E-state index contributed by atoms with van der Waals surface area (Å²) in [7, 11) is 0. The average Bonchev–Trinajstić information content (AvgIpc) is 2.69. The molecule has 0 heterocycles. The van der Waals surface area contributed by atoms with Crippen LogP contribution >= 0.6 is 0 Å². The summed E-state index contributed by atoms with van der Waals surface area (Å²) in [5, 5.41) is 2.04. The molecule has 3 aromatic rings. The van der Waals surface area contributed by atoms with Crippen LogP contribution in [0.2, 0.25) is 0 Å². The molecule has 3 aromatic carbocycles. The minimum absolute atomic E-state index is 0.00478. The van der Waals surface area contributed by atoms with E-state index in [1.165, 1.54) is 0 Å². The van der Waals surface area contributed by atoms with Gasteiger partial charge in [0.05, 0.1) is 26.1 Å². The lowest BCUT2D eigenvalue weighted by Crippen LogP contribution is -2.17. The van der Waals surface area contributed by atoms with E-state index in [0.29, 0.717) is 11.5 Å². The molecule has 0 amide bonds. The molecule has 0 radical (unpaired) electrons. The first kappa shape index (κ1) is 18.5. The van der Waals surface area contributed by atoms with Gasteiger partial charge < -0.3 is 14.2 Å². The monoisotopic (exact) mass is 364 g/mol. The molecule has 0 aliphatic rings. The van der Waals surface area contributed by atoms with Crippen molar-refractivity contribution in [1.82, 2.24) is 0 Å². The zero-order chi connectivity index (χ0) is 18.9. The van der Waals surface area contributed by atoms with Crippen LogP contribution in [0.3, 0.4) is 0 Å². The van der Waals surface area contributed by atoms with Gasteiger partial charge in [-0.25, -0.2) is 0 Å². The summed E-state index contributed by atoms with van der Waals surface area (Å²) >= 11 is 0. The van der Waals surface area contributed by atoms with Gasteiger partial charge in [0.2, 0.25) is 0 Å². The van der Waals surface area contributed by atoms with Crippen LogP contribution < -0.4 is 9.47 Å². The van der Waals surface area contributed by atoms with Gasteiger partial charge in [-0.3, -0.25) is 9.59 Å². The summed E-state index contributed by atoms with van der Waals surface area (Å²) in [4.78, 5) is 23.5. The van der Waals surface area contributed by atoms with Crippen LogP contribution in [-0.4, -0.2) is 25.2 Å². The van der Waals surface area contributed by atoms with Gasteiger partial charge in [-0.15, -0.1) is 0 Å². The van der Waals surface area contributed by atoms with E-state index in [9.17, 15) is 9.59 Å². The summed E-state index contributed by atoms with van der Waals surface area (Å²) < 4.78 is 15.9. The quantitative estimate of drug-likeness (QED) is 0.444. The lowest BCUT2D eigenvalue weighted by molar-refractivity contribution is -0.160. The third-order valence-electron chi connectivity index (χ3n) is 3.86. The molecule has 5 heteroatoms. The van der Waals surface area contributed by atoms with Gasteiger partial charge in [-0.1, -0.05) is 54.6 Å². The van der Waals surface area contributed by atoms with Crippen LogP contribution in [0, 0.1) is 0 Å². The first-order valence-electron chi connectivity index (χ1n) is 8.74. The topological polar surface area (TPSA) is 61.8 Å². The number of hydrogen-bond acceptors (Lipinski definition) is 5. The minimum atomic E-state index is -0.611. The van der Waals surface area contributed by atoms with Crippen LogP contribution in [0.1, 0.15) is 12.8 Å². The molecular formula is C22H20O5. The van der Waals surface area contributed by atoms with E-state index in [1.54, 1.807) is 12.1 Å². The second-order valence-corrected chi connectivity index (χ2v) is 5.83. The molecule has 0 atom stereocenters. The number of benzene rings is 3. The molecule has 0 spiro atoms. The van der Waals surface area contributed by atoms with Gasteiger partial charge in [0.1, 0.15) is 11.5 Å². The highest BCUT2D eigenvalue weighted by Crippen LogP contribution is 2.25. The summed E-state index contributed by atoms with van der Waals surface area (Å²) in [5.41, 5.74) is 0. The van der Waals surface area contributed by atoms with Crippen molar-refractivity contribution in [2.24, 2.45) is 0 Å². The summed E-state index contributed by atoms with van der Waals surface area (Å²) in [6, 6.07) is 22.7. The predicted molar refractivity (Wildman–Crippen MR) is 102 cm³/mol. The second kappa shape index (κ2) is 9.38.